The number of rotatable bonds is 10. The van der Waals surface area contributed by atoms with Gasteiger partial charge in [0.05, 0.1) is 37.1 Å². The van der Waals surface area contributed by atoms with Gasteiger partial charge < -0.3 is 70.0 Å². The maximum atomic E-state index is 12.3. The Labute approximate surface area is 331 Å². The Bertz CT molecular complexity index is 1400. The van der Waals surface area contributed by atoms with Gasteiger partial charge in [0, 0.05) is 0 Å². The highest BCUT2D eigenvalue weighted by molar-refractivity contribution is 5.22. The van der Waals surface area contributed by atoms with E-state index in [1.807, 2.05) is 34.6 Å². The Balaban J connectivity index is 1.38. The monoisotopic (exact) mass is 800 g/mol. The van der Waals surface area contributed by atoms with Gasteiger partial charge >= 0.3 is 0 Å². The molecule has 14 heteroatoms. The molecule has 0 bridgehead atoms. The molecule has 324 valence electrons. The summed E-state index contributed by atoms with van der Waals surface area (Å²) in [5.74, 6) is -0.623. The van der Waals surface area contributed by atoms with Crippen molar-refractivity contribution in [2.24, 2.45) is 45.3 Å². The number of allylic oxidation sites excluding steroid dienone is 2. The lowest BCUT2D eigenvalue weighted by Gasteiger charge is -2.72. The molecule has 2 unspecified atom stereocenters. The molecule has 21 atom stereocenters. The first kappa shape index (κ1) is 44.7. The number of aliphatic hydroxyl groups is 10. The van der Waals surface area contributed by atoms with Crippen molar-refractivity contribution in [2.75, 3.05) is 13.2 Å². The average molecular weight is 801 g/mol. The Morgan fingerprint density at radius 3 is 1.98 bits per heavy atom. The molecule has 2 aliphatic heterocycles. The largest absolute Gasteiger partial charge is 0.394 e. The molecule has 0 spiro atoms. The van der Waals surface area contributed by atoms with Gasteiger partial charge in [-0.2, -0.15) is 0 Å². The molecule has 4 aliphatic carbocycles. The molecule has 10 N–H and O–H groups in total. The predicted molar refractivity (Wildman–Crippen MR) is 202 cm³/mol. The molecule has 14 nitrogen and oxygen atoms in total. The van der Waals surface area contributed by atoms with Crippen LogP contribution in [0, 0.1) is 45.3 Å². The van der Waals surface area contributed by atoms with Crippen molar-refractivity contribution >= 4 is 0 Å². The van der Waals surface area contributed by atoms with Gasteiger partial charge in [0.15, 0.2) is 12.6 Å². The molecular formula is C42H72O14. The highest BCUT2D eigenvalue weighted by atomic mass is 16.8. The zero-order chi connectivity index (χ0) is 41.5. The summed E-state index contributed by atoms with van der Waals surface area (Å²) in [7, 11) is 0. The van der Waals surface area contributed by atoms with Crippen molar-refractivity contribution in [2.45, 2.75) is 192 Å². The number of aliphatic hydroxyl groups excluding tert-OH is 9. The van der Waals surface area contributed by atoms with Crippen molar-refractivity contribution in [3.8, 4) is 0 Å². The van der Waals surface area contributed by atoms with E-state index in [9.17, 15) is 51.1 Å². The molecule has 0 radical (unpaired) electrons. The van der Waals surface area contributed by atoms with Gasteiger partial charge in [0.25, 0.3) is 0 Å². The van der Waals surface area contributed by atoms with Crippen LogP contribution in [-0.2, 0) is 18.9 Å². The summed E-state index contributed by atoms with van der Waals surface area (Å²) in [5.41, 5.74) is -1.85. The average Bonchev–Trinajstić information content (AvgIpc) is 3.51. The molecule has 0 aromatic carbocycles. The zero-order valence-electron chi connectivity index (χ0n) is 34.6. The molecule has 0 amide bonds. The molecule has 4 saturated carbocycles. The molecule has 0 aromatic rings. The number of hydrogen-bond acceptors (Lipinski definition) is 14. The van der Waals surface area contributed by atoms with Crippen LogP contribution >= 0.6 is 0 Å². The minimum absolute atomic E-state index is 0.0169. The normalized spacial score (nSPS) is 52.6. The highest BCUT2D eigenvalue weighted by Crippen LogP contribution is 2.76. The van der Waals surface area contributed by atoms with Crippen molar-refractivity contribution < 1.29 is 70.0 Å². The van der Waals surface area contributed by atoms with E-state index >= 15 is 0 Å². The van der Waals surface area contributed by atoms with Crippen LogP contribution in [0.15, 0.2) is 11.6 Å². The molecule has 2 heterocycles. The Morgan fingerprint density at radius 2 is 1.38 bits per heavy atom. The topological polar surface area (TPSA) is 239 Å². The Morgan fingerprint density at radius 1 is 0.768 bits per heavy atom. The molecule has 0 aromatic heterocycles. The summed E-state index contributed by atoms with van der Waals surface area (Å²) in [4.78, 5) is 0. The number of fused-ring (bicyclic) bond motifs is 5. The summed E-state index contributed by atoms with van der Waals surface area (Å²) in [5, 5.41) is 110. The first-order valence-corrected chi connectivity index (χ1v) is 21.0. The van der Waals surface area contributed by atoms with E-state index in [4.69, 9.17) is 18.9 Å². The Kier molecular flexibility index (Phi) is 12.7. The molecular weight excluding hydrogens is 728 g/mol. The fraction of sp³-hybridized carbons (Fsp3) is 0.952. The minimum atomic E-state index is -1.81. The standard InChI is InChI=1S/C42H72O14/c1-20(2)10-9-13-42(8,52)21-11-15-40(6)28(21)22(45)16-26-39(5)14-12-27(46)38(3,4)35(39)23(17-41(26,40)7)53-37-34(32(50)30(48)25(19-44)55-37)56-36-33(51)31(49)29(47)24(18-43)54-36/h10,21-37,43-52H,9,11-19H2,1-8H3/t21-,22-,23+,24+,25+,26?,27+,28+,29+,30+,31-,32-,33+,34+,35?,36-,37+,39+,40-,41+,42-/m0/s1. The zero-order valence-corrected chi connectivity index (χ0v) is 34.6. The molecule has 6 fully saturated rings. The second-order valence-electron chi connectivity index (χ2n) is 20.3. The van der Waals surface area contributed by atoms with Crippen LogP contribution in [0.5, 0.6) is 0 Å². The van der Waals surface area contributed by atoms with Crippen LogP contribution in [0.2, 0.25) is 0 Å². The van der Waals surface area contributed by atoms with Gasteiger partial charge in [0.1, 0.15) is 48.8 Å². The van der Waals surface area contributed by atoms with Gasteiger partial charge in [0.2, 0.25) is 0 Å². The van der Waals surface area contributed by atoms with E-state index in [0.29, 0.717) is 32.1 Å². The second-order valence-corrected chi connectivity index (χ2v) is 20.3. The summed E-state index contributed by atoms with van der Waals surface area (Å²) in [6, 6.07) is 0. The third-order valence-corrected chi connectivity index (χ3v) is 16.5. The van der Waals surface area contributed by atoms with Crippen molar-refractivity contribution in [3.05, 3.63) is 11.6 Å². The number of ether oxygens (including phenoxy) is 4. The predicted octanol–water partition coefficient (Wildman–Crippen LogP) is 1.12. The van der Waals surface area contributed by atoms with E-state index in [1.54, 1.807) is 0 Å². The van der Waals surface area contributed by atoms with Gasteiger partial charge in [-0.1, -0.05) is 46.3 Å². The van der Waals surface area contributed by atoms with Crippen LogP contribution < -0.4 is 0 Å². The van der Waals surface area contributed by atoms with Crippen LogP contribution in [0.25, 0.3) is 0 Å². The van der Waals surface area contributed by atoms with E-state index in [2.05, 4.69) is 26.8 Å². The third-order valence-electron chi connectivity index (χ3n) is 16.5. The SMILES string of the molecule is CC(C)=CCC[C@](C)(O)[C@H]1CC[C@@]2(C)[C@H]1[C@@H](O)CC1[C@@]3(C)CC[C@@H](O)C(C)(C)C3[C@H](O[C@@H]3O[C@H](CO)[C@@H](O)[C@H](O)[C@H]3O[C@@H]3O[C@H](CO)[C@@H](O)[C@H](O)[C@H]3O)C[C@]12C. The lowest BCUT2D eigenvalue weighted by molar-refractivity contribution is -0.383. The summed E-state index contributed by atoms with van der Waals surface area (Å²) in [6.45, 7) is 15.5. The number of hydrogen-bond donors (Lipinski definition) is 10. The fourth-order valence-corrected chi connectivity index (χ4v) is 13.4. The van der Waals surface area contributed by atoms with Crippen LogP contribution in [0.4, 0.5) is 0 Å². The minimum Gasteiger partial charge on any atom is -0.394 e. The van der Waals surface area contributed by atoms with Crippen LogP contribution in [-0.4, -0.2) is 150 Å². The summed E-state index contributed by atoms with van der Waals surface area (Å²) in [6.07, 6.45) is -10.6. The van der Waals surface area contributed by atoms with Crippen LogP contribution in [0.1, 0.15) is 107 Å². The fourth-order valence-electron chi connectivity index (χ4n) is 13.4. The lowest BCUT2D eigenvalue weighted by Crippen LogP contribution is -2.71. The summed E-state index contributed by atoms with van der Waals surface area (Å²) >= 11 is 0. The lowest BCUT2D eigenvalue weighted by atomic mass is 9.34. The van der Waals surface area contributed by atoms with E-state index in [-0.39, 0.29) is 23.7 Å². The first-order chi connectivity index (χ1) is 26.0. The second kappa shape index (κ2) is 15.9. The molecule has 2 saturated heterocycles. The van der Waals surface area contributed by atoms with E-state index < -0.39 is 120 Å². The van der Waals surface area contributed by atoms with Crippen molar-refractivity contribution in [3.63, 3.8) is 0 Å². The van der Waals surface area contributed by atoms with E-state index in [0.717, 1.165) is 19.3 Å². The van der Waals surface area contributed by atoms with E-state index in [1.165, 1.54) is 5.57 Å². The molecule has 6 rings (SSSR count). The van der Waals surface area contributed by atoms with Crippen molar-refractivity contribution in [1.29, 1.82) is 0 Å². The maximum Gasteiger partial charge on any atom is 0.187 e. The first-order valence-electron chi connectivity index (χ1n) is 21.0. The van der Waals surface area contributed by atoms with Crippen LogP contribution in [0.3, 0.4) is 0 Å². The summed E-state index contributed by atoms with van der Waals surface area (Å²) < 4.78 is 24.9. The Hall–Kier alpha value is -0.820. The van der Waals surface area contributed by atoms with Gasteiger partial charge in [-0.05, 0) is 117 Å². The quantitative estimate of drug-likeness (QED) is 0.110. The smallest absolute Gasteiger partial charge is 0.187 e. The highest BCUT2D eigenvalue weighted by Gasteiger charge is 2.73. The van der Waals surface area contributed by atoms with Gasteiger partial charge in [-0.3, -0.25) is 0 Å². The molecule has 56 heavy (non-hydrogen) atoms. The maximum absolute atomic E-state index is 12.3. The van der Waals surface area contributed by atoms with Crippen molar-refractivity contribution in [1.82, 2.24) is 0 Å². The third kappa shape index (κ3) is 7.16. The molecule has 6 aliphatic rings. The van der Waals surface area contributed by atoms with Gasteiger partial charge in [-0.25, -0.2) is 0 Å². The van der Waals surface area contributed by atoms with Gasteiger partial charge in [-0.15, -0.1) is 0 Å².